The summed E-state index contributed by atoms with van der Waals surface area (Å²) in [5.41, 5.74) is 2.22. The van der Waals surface area contributed by atoms with E-state index in [9.17, 15) is 0 Å². The summed E-state index contributed by atoms with van der Waals surface area (Å²) >= 11 is 6.11. The average molecular weight is 195 g/mol. The van der Waals surface area contributed by atoms with Crippen LogP contribution in [0.25, 0.3) is 10.9 Å². The number of hydrogen-bond donors (Lipinski definition) is 1. The Kier molecular flexibility index (Phi) is 2.00. The number of hydrogen-bond acceptors (Lipinski definition) is 1. The maximum Gasteiger partial charge on any atom is 0.0654 e. The quantitative estimate of drug-likeness (QED) is 0.741. The lowest BCUT2D eigenvalue weighted by Crippen LogP contribution is -1.89. The van der Waals surface area contributed by atoms with Crippen molar-refractivity contribution in [2.24, 2.45) is 0 Å². The monoisotopic (exact) mass is 194 g/mol. The number of aromatic amines is 1. The Bertz CT molecular complexity index is 431. The van der Waals surface area contributed by atoms with Gasteiger partial charge in [0.1, 0.15) is 0 Å². The van der Waals surface area contributed by atoms with Crippen molar-refractivity contribution >= 4 is 22.5 Å². The second kappa shape index (κ2) is 3.04. The summed E-state index contributed by atoms with van der Waals surface area (Å²) in [4.78, 5) is 0. The smallest absolute Gasteiger partial charge is 0.0654 e. The molecule has 2 rings (SSSR count). The molecule has 1 aromatic heterocycles. The largest absolute Gasteiger partial charge is 0.278 e. The maximum absolute atomic E-state index is 6.11. The van der Waals surface area contributed by atoms with Crippen LogP contribution in [0.5, 0.6) is 0 Å². The highest BCUT2D eigenvalue weighted by molar-refractivity contribution is 6.32. The molecule has 13 heavy (non-hydrogen) atoms. The zero-order valence-corrected chi connectivity index (χ0v) is 8.39. The molecule has 2 nitrogen and oxygen atoms in total. The molecule has 1 N–H and O–H groups in total. The van der Waals surface area contributed by atoms with Crippen LogP contribution in [0.1, 0.15) is 25.3 Å². The van der Waals surface area contributed by atoms with Gasteiger partial charge in [0.25, 0.3) is 0 Å². The topological polar surface area (TPSA) is 28.7 Å². The van der Waals surface area contributed by atoms with Crippen LogP contribution < -0.4 is 0 Å². The fraction of sp³-hybridized carbons (Fsp3) is 0.300. The van der Waals surface area contributed by atoms with Crippen LogP contribution in [0.2, 0.25) is 5.02 Å². The van der Waals surface area contributed by atoms with Crippen molar-refractivity contribution in [3.63, 3.8) is 0 Å². The van der Waals surface area contributed by atoms with Crippen molar-refractivity contribution in [2.75, 3.05) is 0 Å². The minimum atomic E-state index is 0.425. The van der Waals surface area contributed by atoms with Crippen LogP contribution in [-0.4, -0.2) is 10.2 Å². The van der Waals surface area contributed by atoms with E-state index < -0.39 is 0 Å². The molecular weight excluding hydrogens is 184 g/mol. The Hall–Kier alpha value is -1.02. The molecule has 0 saturated heterocycles. The summed E-state index contributed by atoms with van der Waals surface area (Å²) in [7, 11) is 0. The molecule has 3 heteroatoms. The summed E-state index contributed by atoms with van der Waals surface area (Å²) in [5.74, 6) is 0.425. The van der Waals surface area contributed by atoms with Gasteiger partial charge in [-0.3, -0.25) is 5.10 Å². The number of benzene rings is 1. The van der Waals surface area contributed by atoms with Gasteiger partial charge in [0.2, 0.25) is 0 Å². The number of H-pyrrole nitrogens is 1. The summed E-state index contributed by atoms with van der Waals surface area (Å²) in [6.45, 7) is 4.27. The first-order chi connectivity index (χ1) is 6.20. The lowest BCUT2D eigenvalue weighted by atomic mass is 10.00. The van der Waals surface area contributed by atoms with E-state index in [1.54, 1.807) is 0 Å². The van der Waals surface area contributed by atoms with E-state index in [0.717, 1.165) is 15.9 Å². The number of fused-ring (bicyclic) bond motifs is 1. The molecule has 68 valence electrons. The van der Waals surface area contributed by atoms with Crippen LogP contribution in [0, 0.1) is 0 Å². The van der Waals surface area contributed by atoms with Crippen LogP contribution >= 0.6 is 11.6 Å². The molecule has 0 saturated carbocycles. The zero-order valence-electron chi connectivity index (χ0n) is 7.63. The van der Waals surface area contributed by atoms with Gasteiger partial charge in [-0.2, -0.15) is 5.10 Å². The Balaban J connectivity index is 2.80. The molecule has 1 aromatic carbocycles. The van der Waals surface area contributed by atoms with Gasteiger partial charge in [0, 0.05) is 10.4 Å². The third-order valence-electron chi connectivity index (χ3n) is 2.19. The third-order valence-corrected chi connectivity index (χ3v) is 2.52. The highest BCUT2D eigenvalue weighted by Gasteiger charge is 2.10. The van der Waals surface area contributed by atoms with Gasteiger partial charge >= 0.3 is 0 Å². The molecule has 0 amide bonds. The van der Waals surface area contributed by atoms with Crippen LogP contribution in [0.3, 0.4) is 0 Å². The molecule has 0 aliphatic carbocycles. The Morgan fingerprint density at radius 2 is 2.15 bits per heavy atom. The first kappa shape index (κ1) is 8.57. The van der Waals surface area contributed by atoms with E-state index in [0.29, 0.717) is 5.92 Å². The number of rotatable bonds is 1. The van der Waals surface area contributed by atoms with Gasteiger partial charge in [-0.15, -0.1) is 0 Å². The summed E-state index contributed by atoms with van der Waals surface area (Å²) in [6.07, 6.45) is 1.83. The van der Waals surface area contributed by atoms with Crippen LogP contribution in [-0.2, 0) is 0 Å². The van der Waals surface area contributed by atoms with Crippen LogP contribution in [0.4, 0.5) is 0 Å². The number of nitrogens with one attached hydrogen (secondary N) is 1. The molecule has 0 bridgehead atoms. The fourth-order valence-corrected chi connectivity index (χ4v) is 1.98. The molecule has 0 spiro atoms. The minimum absolute atomic E-state index is 0.425. The van der Waals surface area contributed by atoms with E-state index in [-0.39, 0.29) is 0 Å². The van der Waals surface area contributed by atoms with Crippen molar-refractivity contribution in [1.82, 2.24) is 10.2 Å². The van der Waals surface area contributed by atoms with E-state index in [2.05, 4.69) is 24.0 Å². The van der Waals surface area contributed by atoms with E-state index >= 15 is 0 Å². The van der Waals surface area contributed by atoms with Gasteiger partial charge in [-0.1, -0.05) is 25.4 Å². The average Bonchev–Trinajstić information content (AvgIpc) is 2.50. The first-order valence-electron chi connectivity index (χ1n) is 4.31. The second-order valence-corrected chi connectivity index (χ2v) is 3.85. The van der Waals surface area contributed by atoms with E-state index in [1.165, 1.54) is 5.56 Å². The summed E-state index contributed by atoms with van der Waals surface area (Å²) < 4.78 is 0. The predicted octanol–water partition coefficient (Wildman–Crippen LogP) is 3.34. The third kappa shape index (κ3) is 1.31. The molecule has 0 radical (unpaired) electrons. The van der Waals surface area contributed by atoms with Crippen molar-refractivity contribution < 1.29 is 0 Å². The van der Waals surface area contributed by atoms with E-state index in [1.807, 2.05) is 18.3 Å². The molecule has 0 aliphatic heterocycles. The van der Waals surface area contributed by atoms with Crippen LogP contribution in [0.15, 0.2) is 18.3 Å². The number of halogens is 1. The Morgan fingerprint density at radius 1 is 1.38 bits per heavy atom. The number of nitrogens with zero attached hydrogens (tertiary/aromatic N) is 1. The van der Waals surface area contributed by atoms with Crippen molar-refractivity contribution in [1.29, 1.82) is 0 Å². The van der Waals surface area contributed by atoms with Crippen molar-refractivity contribution in [2.45, 2.75) is 19.8 Å². The lowest BCUT2D eigenvalue weighted by molar-refractivity contribution is 0.877. The molecule has 0 unspecified atom stereocenters. The van der Waals surface area contributed by atoms with Crippen molar-refractivity contribution in [3.8, 4) is 0 Å². The standard InChI is InChI=1S/C10H11ClN2/c1-6(2)10-7-5-12-13-9(7)4-3-8(10)11/h3-6H,1-2H3,(H,12,13). The second-order valence-electron chi connectivity index (χ2n) is 3.45. The lowest BCUT2D eigenvalue weighted by Gasteiger charge is -2.08. The summed E-state index contributed by atoms with van der Waals surface area (Å²) in [5, 5.41) is 8.89. The SMILES string of the molecule is CC(C)c1c(Cl)ccc2[nH]ncc12. The molecule has 0 aliphatic rings. The fourth-order valence-electron chi connectivity index (χ4n) is 1.60. The molecule has 0 fully saturated rings. The first-order valence-corrected chi connectivity index (χ1v) is 4.69. The minimum Gasteiger partial charge on any atom is -0.278 e. The maximum atomic E-state index is 6.11. The number of aromatic nitrogens is 2. The highest BCUT2D eigenvalue weighted by Crippen LogP contribution is 2.30. The molecule has 1 heterocycles. The Labute approximate surface area is 81.9 Å². The summed E-state index contributed by atoms with van der Waals surface area (Å²) in [6, 6.07) is 3.87. The molecule has 2 aromatic rings. The Morgan fingerprint density at radius 3 is 2.85 bits per heavy atom. The van der Waals surface area contributed by atoms with Gasteiger partial charge in [-0.25, -0.2) is 0 Å². The normalized spacial score (nSPS) is 11.4. The van der Waals surface area contributed by atoms with Gasteiger partial charge < -0.3 is 0 Å². The molecular formula is C10H11ClN2. The van der Waals surface area contributed by atoms with E-state index in [4.69, 9.17) is 11.6 Å². The molecule has 0 atom stereocenters. The predicted molar refractivity (Wildman–Crippen MR) is 55.2 cm³/mol. The van der Waals surface area contributed by atoms with Gasteiger partial charge in [0.15, 0.2) is 0 Å². The van der Waals surface area contributed by atoms with Gasteiger partial charge in [-0.05, 0) is 23.6 Å². The van der Waals surface area contributed by atoms with Crippen molar-refractivity contribution in [3.05, 3.63) is 28.9 Å². The zero-order chi connectivity index (χ0) is 9.42. The highest BCUT2D eigenvalue weighted by atomic mass is 35.5. The van der Waals surface area contributed by atoms with Gasteiger partial charge in [0.05, 0.1) is 11.7 Å².